The van der Waals surface area contributed by atoms with Crippen LogP contribution in [0.25, 0.3) is 0 Å². The van der Waals surface area contributed by atoms with Gasteiger partial charge in [-0.05, 0) is 80.4 Å². The average molecular weight is 434 g/mol. The average Bonchev–Trinajstić information content (AvgIpc) is 2.56. The summed E-state index contributed by atoms with van der Waals surface area (Å²) in [4.78, 5) is 40.7. The summed E-state index contributed by atoms with van der Waals surface area (Å²) in [6, 6.07) is 5.70. The standard InChI is InChI=1S/C24H39N3O4/c1-15(2)25-20(28)19(18-14-12-11-13-16(18)3)27(23(5,6)7)21(29)17(4)26-22(30)31-24(8,9)10/h11-15,17,19H,1-10H3,(H,25,28)(H,26,30). The van der Waals surface area contributed by atoms with Crippen molar-refractivity contribution in [3.05, 3.63) is 35.4 Å². The minimum Gasteiger partial charge on any atom is -0.444 e. The Kier molecular flexibility index (Phi) is 8.67. The fourth-order valence-electron chi connectivity index (χ4n) is 3.25. The van der Waals surface area contributed by atoms with E-state index in [1.165, 1.54) is 0 Å². The number of nitrogens with one attached hydrogen (secondary N) is 2. The van der Waals surface area contributed by atoms with Crippen molar-refractivity contribution in [1.29, 1.82) is 0 Å². The van der Waals surface area contributed by atoms with Gasteiger partial charge in [-0.25, -0.2) is 4.79 Å². The fraction of sp³-hybridized carbons (Fsp3) is 0.625. The van der Waals surface area contributed by atoms with Gasteiger partial charge in [-0.15, -0.1) is 0 Å². The zero-order chi connectivity index (χ0) is 24.1. The highest BCUT2D eigenvalue weighted by Gasteiger charge is 2.41. The molecule has 0 heterocycles. The monoisotopic (exact) mass is 433 g/mol. The van der Waals surface area contributed by atoms with E-state index in [0.717, 1.165) is 11.1 Å². The van der Waals surface area contributed by atoms with E-state index in [2.05, 4.69) is 10.6 Å². The van der Waals surface area contributed by atoms with Crippen LogP contribution in [0.1, 0.15) is 79.5 Å². The van der Waals surface area contributed by atoms with Crippen LogP contribution in [0.5, 0.6) is 0 Å². The van der Waals surface area contributed by atoms with E-state index in [1.54, 1.807) is 32.6 Å². The predicted octanol–water partition coefficient (Wildman–Crippen LogP) is 4.10. The Morgan fingerprint density at radius 2 is 1.48 bits per heavy atom. The second-order valence-corrected chi connectivity index (χ2v) is 10.2. The summed E-state index contributed by atoms with van der Waals surface area (Å²) in [6.45, 7) is 18.2. The lowest BCUT2D eigenvalue weighted by Crippen LogP contribution is -2.58. The molecule has 0 radical (unpaired) electrons. The van der Waals surface area contributed by atoms with Crippen LogP contribution in [0.3, 0.4) is 0 Å². The topological polar surface area (TPSA) is 87.7 Å². The third-order valence-corrected chi connectivity index (χ3v) is 4.48. The molecule has 0 aliphatic heterocycles. The van der Waals surface area contributed by atoms with Crippen LogP contribution in [-0.2, 0) is 14.3 Å². The maximum Gasteiger partial charge on any atom is 0.408 e. The Morgan fingerprint density at radius 3 is 1.94 bits per heavy atom. The Bertz CT molecular complexity index is 791. The van der Waals surface area contributed by atoms with E-state index in [4.69, 9.17) is 4.74 Å². The predicted molar refractivity (Wildman–Crippen MR) is 123 cm³/mol. The number of amides is 3. The number of carbonyl (C=O) groups is 3. The molecule has 3 amide bonds. The number of carbonyl (C=O) groups excluding carboxylic acids is 3. The van der Waals surface area contributed by atoms with Gasteiger partial charge in [-0.3, -0.25) is 9.59 Å². The Balaban J connectivity index is 3.39. The maximum atomic E-state index is 13.6. The largest absolute Gasteiger partial charge is 0.444 e. The van der Waals surface area contributed by atoms with E-state index in [0.29, 0.717) is 0 Å². The minimum absolute atomic E-state index is 0.0896. The molecule has 31 heavy (non-hydrogen) atoms. The molecule has 0 spiro atoms. The van der Waals surface area contributed by atoms with Gasteiger partial charge >= 0.3 is 6.09 Å². The number of alkyl carbamates (subject to hydrolysis) is 1. The molecule has 2 unspecified atom stereocenters. The van der Waals surface area contributed by atoms with Gasteiger partial charge in [0.2, 0.25) is 11.8 Å². The number of rotatable bonds is 6. The van der Waals surface area contributed by atoms with Crippen molar-refractivity contribution in [1.82, 2.24) is 15.5 Å². The Morgan fingerprint density at radius 1 is 0.935 bits per heavy atom. The molecule has 1 aromatic carbocycles. The third kappa shape index (κ3) is 7.89. The van der Waals surface area contributed by atoms with Gasteiger partial charge in [0.25, 0.3) is 0 Å². The molecule has 2 N–H and O–H groups in total. The summed E-state index contributed by atoms with van der Waals surface area (Å²) in [5.41, 5.74) is 0.272. The molecule has 0 aliphatic carbocycles. The van der Waals surface area contributed by atoms with Crippen molar-refractivity contribution in [2.24, 2.45) is 0 Å². The summed E-state index contributed by atoms with van der Waals surface area (Å²) < 4.78 is 5.29. The first kappa shape index (κ1) is 26.5. The first-order valence-electron chi connectivity index (χ1n) is 10.7. The molecule has 1 aromatic rings. The molecular formula is C24H39N3O4. The molecule has 2 atom stereocenters. The second kappa shape index (κ2) is 10.2. The zero-order valence-electron chi connectivity index (χ0n) is 20.6. The van der Waals surface area contributed by atoms with Crippen molar-refractivity contribution in [3.8, 4) is 0 Å². The summed E-state index contributed by atoms with van der Waals surface area (Å²) in [5.74, 6) is -0.637. The molecule has 0 aliphatic rings. The number of ether oxygens (including phenoxy) is 1. The normalized spacial score (nSPS) is 13.9. The molecule has 1 rings (SSSR count). The van der Waals surface area contributed by atoms with Gasteiger partial charge in [0.15, 0.2) is 0 Å². The number of benzene rings is 1. The molecule has 0 saturated carbocycles. The van der Waals surface area contributed by atoms with Crippen LogP contribution in [0.15, 0.2) is 24.3 Å². The molecular weight excluding hydrogens is 394 g/mol. The smallest absolute Gasteiger partial charge is 0.408 e. The van der Waals surface area contributed by atoms with Crippen LogP contribution in [0, 0.1) is 6.92 Å². The van der Waals surface area contributed by atoms with Gasteiger partial charge in [0.05, 0.1) is 0 Å². The number of nitrogens with zero attached hydrogens (tertiary/aromatic N) is 1. The van der Waals surface area contributed by atoms with Crippen molar-refractivity contribution in [3.63, 3.8) is 0 Å². The molecule has 7 heteroatoms. The quantitative estimate of drug-likeness (QED) is 0.707. The molecule has 0 saturated heterocycles. The number of hydrogen-bond donors (Lipinski definition) is 2. The molecule has 7 nitrogen and oxygen atoms in total. The van der Waals surface area contributed by atoms with Gasteiger partial charge < -0.3 is 20.3 Å². The van der Waals surface area contributed by atoms with E-state index in [-0.39, 0.29) is 17.9 Å². The highest BCUT2D eigenvalue weighted by Crippen LogP contribution is 2.31. The lowest BCUT2D eigenvalue weighted by molar-refractivity contribution is -0.148. The van der Waals surface area contributed by atoms with Gasteiger partial charge in [0.1, 0.15) is 17.7 Å². The van der Waals surface area contributed by atoms with Gasteiger partial charge in [-0.2, -0.15) is 0 Å². The van der Waals surface area contributed by atoms with Crippen LogP contribution >= 0.6 is 0 Å². The highest BCUT2D eigenvalue weighted by molar-refractivity contribution is 5.92. The SMILES string of the molecule is Cc1ccccc1C(C(=O)NC(C)C)N(C(=O)C(C)NC(=O)OC(C)(C)C)C(C)(C)C. The number of hydrogen-bond acceptors (Lipinski definition) is 4. The van der Waals surface area contributed by atoms with Gasteiger partial charge in [0, 0.05) is 11.6 Å². The van der Waals surface area contributed by atoms with E-state index in [1.807, 2.05) is 65.8 Å². The number of aryl methyl sites for hydroxylation is 1. The summed E-state index contributed by atoms with van der Waals surface area (Å²) in [7, 11) is 0. The van der Waals surface area contributed by atoms with Gasteiger partial charge in [-0.1, -0.05) is 24.3 Å². The minimum atomic E-state index is -0.882. The zero-order valence-corrected chi connectivity index (χ0v) is 20.6. The Hall–Kier alpha value is -2.57. The summed E-state index contributed by atoms with van der Waals surface area (Å²) in [6.07, 6.45) is -0.679. The van der Waals surface area contributed by atoms with E-state index < -0.39 is 29.3 Å². The summed E-state index contributed by atoms with van der Waals surface area (Å²) in [5, 5.41) is 5.55. The van der Waals surface area contributed by atoms with Crippen molar-refractivity contribution >= 4 is 17.9 Å². The molecule has 174 valence electrons. The lowest BCUT2D eigenvalue weighted by Gasteiger charge is -2.43. The van der Waals surface area contributed by atoms with Crippen LogP contribution in [-0.4, -0.2) is 46.0 Å². The highest BCUT2D eigenvalue weighted by atomic mass is 16.6. The Labute approximate surface area is 186 Å². The van der Waals surface area contributed by atoms with Crippen molar-refractivity contribution in [2.45, 2.75) is 98.5 Å². The molecule has 0 aromatic heterocycles. The first-order valence-corrected chi connectivity index (χ1v) is 10.7. The fourth-order valence-corrected chi connectivity index (χ4v) is 3.25. The van der Waals surface area contributed by atoms with Crippen LogP contribution < -0.4 is 10.6 Å². The lowest BCUT2D eigenvalue weighted by atomic mass is 9.93. The second-order valence-electron chi connectivity index (χ2n) is 10.2. The van der Waals surface area contributed by atoms with Crippen molar-refractivity contribution < 1.29 is 19.1 Å². The van der Waals surface area contributed by atoms with Crippen LogP contribution in [0.4, 0.5) is 4.79 Å². The van der Waals surface area contributed by atoms with E-state index >= 15 is 0 Å². The van der Waals surface area contributed by atoms with Crippen LogP contribution in [0.2, 0.25) is 0 Å². The molecule has 0 fully saturated rings. The van der Waals surface area contributed by atoms with E-state index in [9.17, 15) is 14.4 Å². The first-order chi connectivity index (χ1) is 14.0. The molecule has 0 bridgehead atoms. The summed E-state index contributed by atoms with van der Waals surface area (Å²) >= 11 is 0. The van der Waals surface area contributed by atoms with Crippen molar-refractivity contribution in [2.75, 3.05) is 0 Å². The maximum absolute atomic E-state index is 13.6. The third-order valence-electron chi connectivity index (χ3n) is 4.48.